The van der Waals surface area contributed by atoms with Gasteiger partial charge < -0.3 is 66.2 Å². The van der Waals surface area contributed by atoms with E-state index in [0.29, 0.717) is 136 Å². The Morgan fingerprint density at radius 3 is 1.12 bits per heavy atom. The van der Waals surface area contributed by atoms with Gasteiger partial charge in [-0.3, -0.25) is 62.0 Å². The Kier molecular flexibility index (Phi) is 29.9. The van der Waals surface area contributed by atoms with Gasteiger partial charge in [0.25, 0.3) is 28.1 Å². The summed E-state index contributed by atoms with van der Waals surface area (Å²) in [5.74, 6) is 9.89. The zero-order valence-electron chi connectivity index (χ0n) is 79.8. The maximum absolute atomic E-state index is 13.1. The average Bonchev–Trinajstić information content (AvgIpc) is 1.61. The molecule has 738 valence electrons. The number of ether oxygens (including phenoxy) is 5. The zero-order valence-corrected chi connectivity index (χ0v) is 79.8. The SMILES string of the molecule is C=CC(=O)N(C)C1CCC(n2nc(-c3ccc(Oc4ccccc4)cc3)c3c(N)n[nH]c(=O)c32)CC1.C=CC(=O)N1CCCC(n2nc(-c3ccc(C4OCCO4)cc3)c3c(N)n[nH]c(=O)c32)C1.CC#CC(=O)N1CCCC(n2nc(-c3ccc(Oc4ccccc4)cc3)c3c(N)n[nH]c(=O)c32)C1.Nc1n[nH]c(=O)c2c1c(-c1ccc(Oc3ccccc3)cc1)nn2C1CCCN(C(=O)/C=C/CN2CCCCC2)C1. The molecule has 0 bridgehead atoms. The lowest BCUT2D eigenvalue weighted by molar-refractivity contribution is -0.128. The Hall–Kier alpha value is -16.9. The number of piperidine rings is 4. The molecular weight excluding hydrogens is 1830 g/mol. The standard InChI is InChI=1S/C31H35N7O3.C27H28N6O3.C26H24N6O3.C22H24N6O4/c32-30-27-28(22-13-15-25(16-14-22)41-24-10-3-1-4-11-24)35-38(29(27)31(40)34-33-30)23-9-7-20-37(21-23)26(39)12-8-19-36-17-5-2-6-18-36;1-3-22(34)32(2)18-11-13-19(14-12-18)33-25-23(26(28)29-30-27(25)35)24(31-33)17-9-15-21(16-10-17)36-20-7-5-4-6-8-20;1-2-7-21(33)31-15-6-8-18(16-31)32-24-22(25(27)28-29-26(24)34)23(30-32)17-11-13-20(14-12-17)35-19-9-4-3-5-10-19;1-2-16(29)27-9-3-4-15(12-27)28-19-17(20(23)24-25-21(19)30)18(26-28)13-5-7-14(8-6-13)22-31-10-11-32-22/h1,3-4,8,10-16,23H,2,5-7,9,17-21H2,(H2,32,33)(H,34,40);3-10,15-16,18-19H,1,11-14H2,2H3,(H2,28,29)(H,30,35);3-5,9-14,18H,6,8,15-16H2,1H3,(H2,27,28)(H,29,34);2,5-8,15,22H,1,3-4,9-12H2,(H2,23,24)(H,25,30)/b12-8+;;;. The van der Waals surface area contributed by atoms with Gasteiger partial charge in [-0.25, -0.2) is 20.4 Å². The number of nitrogens with one attached hydrogen (secondary N) is 4. The van der Waals surface area contributed by atoms with Crippen molar-refractivity contribution in [2.45, 2.75) is 127 Å². The van der Waals surface area contributed by atoms with Crippen molar-refractivity contribution in [1.29, 1.82) is 0 Å². The summed E-state index contributed by atoms with van der Waals surface area (Å²) in [5, 5.41) is 47.3. The lowest BCUT2D eigenvalue weighted by Crippen LogP contribution is -2.40. The summed E-state index contributed by atoms with van der Waals surface area (Å²) in [7, 11) is 1.80. The van der Waals surface area contributed by atoms with E-state index in [1.165, 1.54) is 31.4 Å². The highest BCUT2D eigenvalue weighted by Gasteiger charge is 2.36. The number of nitrogen functional groups attached to an aromatic ring is 4. The number of likely N-dealkylation sites (tertiary alicyclic amines) is 4. The molecule has 144 heavy (non-hydrogen) atoms. The van der Waals surface area contributed by atoms with Crippen LogP contribution in [0.25, 0.3) is 88.6 Å². The van der Waals surface area contributed by atoms with Crippen LogP contribution in [0, 0.1) is 11.8 Å². The lowest BCUT2D eigenvalue weighted by atomic mass is 9.90. The lowest BCUT2D eigenvalue weighted by Gasteiger charge is -2.34. The molecule has 6 fully saturated rings. The number of likely N-dealkylation sites (N-methyl/N-ethyl adjacent to an activating group) is 1. The van der Waals surface area contributed by atoms with Gasteiger partial charge in [0.1, 0.15) is 79.3 Å². The van der Waals surface area contributed by atoms with E-state index >= 15 is 0 Å². The van der Waals surface area contributed by atoms with Gasteiger partial charge in [0.2, 0.25) is 17.7 Å². The van der Waals surface area contributed by atoms with E-state index in [0.717, 1.165) is 129 Å². The molecule has 12 N–H and O–H groups in total. The van der Waals surface area contributed by atoms with E-state index < -0.39 is 0 Å². The van der Waals surface area contributed by atoms with Gasteiger partial charge in [0.15, 0.2) is 29.6 Å². The van der Waals surface area contributed by atoms with Crippen molar-refractivity contribution < 1.29 is 42.9 Å². The molecule has 7 aromatic carbocycles. The van der Waals surface area contributed by atoms with E-state index in [9.17, 15) is 38.4 Å². The van der Waals surface area contributed by atoms with Crippen LogP contribution in [-0.2, 0) is 28.7 Å². The monoisotopic (exact) mass is 1940 g/mol. The fourth-order valence-corrected chi connectivity index (χ4v) is 19.5. The number of anilines is 4. The first kappa shape index (κ1) is 97.3. The minimum atomic E-state index is -0.381. The van der Waals surface area contributed by atoms with E-state index in [-0.39, 0.29) is 106 Å². The number of carbonyl (C=O) groups excluding carboxylic acids is 4. The van der Waals surface area contributed by atoms with Crippen LogP contribution in [0.1, 0.15) is 126 Å². The van der Waals surface area contributed by atoms with Gasteiger partial charge in [0.05, 0.1) is 58.9 Å². The largest absolute Gasteiger partial charge is 0.457 e. The van der Waals surface area contributed by atoms with Gasteiger partial charge in [-0.05, 0) is 224 Å². The Balaban J connectivity index is 0.000000127. The van der Waals surface area contributed by atoms with Crippen LogP contribution in [0.4, 0.5) is 23.3 Å². The van der Waals surface area contributed by atoms with E-state index in [1.807, 2.05) is 199 Å². The number of amides is 4. The third-order valence-corrected chi connectivity index (χ3v) is 26.7. The number of nitrogens with zero attached hydrogens (tertiary/aromatic N) is 17. The summed E-state index contributed by atoms with van der Waals surface area (Å²) in [4.78, 5) is 111. The third kappa shape index (κ3) is 21.5. The van der Waals surface area contributed by atoms with Gasteiger partial charge >= 0.3 is 0 Å². The highest BCUT2D eigenvalue weighted by Crippen LogP contribution is 2.42. The Labute approximate surface area is 826 Å². The van der Waals surface area contributed by atoms with Crippen LogP contribution in [0.15, 0.2) is 245 Å². The van der Waals surface area contributed by atoms with Crippen LogP contribution in [-0.4, -0.2) is 213 Å². The van der Waals surface area contributed by atoms with Gasteiger partial charge in [-0.15, -0.1) is 0 Å². The molecule has 3 unspecified atom stereocenters. The number of benzene rings is 7. The minimum Gasteiger partial charge on any atom is -0.457 e. The summed E-state index contributed by atoms with van der Waals surface area (Å²) in [6.45, 7) is 16.2. The zero-order chi connectivity index (χ0) is 100. The molecule has 1 aliphatic carbocycles. The predicted molar refractivity (Wildman–Crippen MR) is 548 cm³/mol. The highest BCUT2D eigenvalue weighted by molar-refractivity contribution is 6.03. The number of carbonyl (C=O) groups is 4. The third-order valence-electron chi connectivity index (χ3n) is 26.7. The number of hydrogen-bond donors (Lipinski definition) is 8. The van der Waals surface area contributed by atoms with Gasteiger partial charge in [-0.1, -0.05) is 110 Å². The predicted octanol–water partition coefficient (Wildman–Crippen LogP) is 13.8. The first-order chi connectivity index (χ1) is 70.1. The molecule has 38 nitrogen and oxygen atoms in total. The molecule has 0 radical (unpaired) electrons. The first-order valence-corrected chi connectivity index (χ1v) is 48.2. The second-order valence-corrected chi connectivity index (χ2v) is 36.0. The van der Waals surface area contributed by atoms with Crippen molar-refractivity contribution >= 4 is 90.5 Å². The highest BCUT2D eigenvalue weighted by atomic mass is 16.7. The van der Waals surface area contributed by atoms with Crippen LogP contribution < -0.4 is 59.4 Å². The molecule has 21 rings (SSSR count). The molecule has 8 aromatic heterocycles. The normalized spacial score (nSPS) is 17.7. The summed E-state index contributed by atoms with van der Waals surface area (Å²) in [5.41, 5.74) is 31.4. The molecule has 38 heteroatoms. The van der Waals surface area contributed by atoms with Crippen molar-refractivity contribution in [2.75, 3.05) is 102 Å². The Morgan fingerprint density at radius 2 is 0.757 bits per heavy atom. The summed E-state index contributed by atoms with van der Waals surface area (Å²) >= 11 is 0. The Morgan fingerprint density at radius 1 is 0.417 bits per heavy atom. The number of nitrogens with two attached hydrogens (primary N) is 4. The molecule has 5 aliphatic heterocycles. The molecule has 15 aromatic rings. The van der Waals surface area contributed by atoms with Crippen molar-refractivity contribution in [3.05, 3.63) is 272 Å². The van der Waals surface area contributed by atoms with Crippen molar-refractivity contribution in [3.63, 3.8) is 0 Å². The average molecular weight is 1940 g/mol. The fourth-order valence-electron chi connectivity index (χ4n) is 19.5. The Bertz CT molecular complexity index is 7540. The smallest absolute Gasteiger partial charge is 0.298 e. The molecule has 0 spiro atoms. The second kappa shape index (κ2) is 44.3. The number of aromatic amines is 4. The topological polar surface area (TPSA) is 489 Å². The fraction of sp³-hybridized carbons (Fsp3) is 0.302. The number of rotatable bonds is 21. The molecule has 4 amide bonds. The molecule has 6 aliphatic rings. The van der Waals surface area contributed by atoms with E-state index in [1.54, 1.807) is 53.5 Å². The van der Waals surface area contributed by atoms with E-state index in [4.69, 9.17) is 67.0 Å². The van der Waals surface area contributed by atoms with Crippen LogP contribution >= 0.6 is 0 Å². The second-order valence-electron chi connectivity index (χ2n) is 36.0. The minimum absolute atomic E-state index is 0.00695. The quantitative estimate of drug-likeness (QED) is 0.0245. The number of fused-ring (bicyclic) bond motifs is 4. The molecule has 5 saturated heterocycles. The molecule has 3 atom stereocenters. The number of hydrogen-bond acceptors (Lipinski definition) is 26. The molecular formula is C106H111N25O13. The summed E-state index contributed by atoms with van der Waals surface area (Å²) < 4.78 is 35.8. The van der Waals surface area contributed by atoms with Crippen molar-refractivity contribution in [2.24, 2.45) is 0 Å². The molecule has 13 heterocycles. The van der Waals surface area contributed by atoms with Gasteiger partial charge in [-0.2, -0.15) is 40.8 Å². The maximum atomic E-state index is 13.1. The van der Waals surface area contributed by atoms with Crippen LogP contribution in [0.3, 0.4) is 0 Å². The first-order valence-electron chi connectivity index (χ1n) is 48.2. The van der Waals surface area contributed by atoms with Gasteiger partial charge in [0, 0.05) is 92.8 Å². The van der Waals surface area contributed by atoms with Crippen molar-refractivity contribution in [3.8, 4) is 91.4 Å². The number of aromatic nitrogens is 16. The maximum Gasteiger partial charge on any atom is 0.298 e. The van der Waals surface area contributed by atoms with E-state index in [2.05, 4.69) is 70.7 Å². The van der Waals surface area contributed by atoms with Crippen molar-refractivity contribution in [1.82, 2.24) is 104 Å². The number of para-hydroxylation sites is 3. The number of H-pyrrole nitrogens is 4. The van der Waals surface area contributed by atoms with Crippen LogP contribution in [0.2, 0.25) is 0 Å². The summed E-state index contributed by atoms with van der Waals surface area (Å²) in [6, 6.07) is 58.4. The summed E-state index contributed by atoms with van der Waals surface area (Å²) in [6.07, 6.45) is 17.6. The molecule has 1 saturated carbocycles. The van der Waals surface area contributed by atoms with Crippen LogP contribution in [0.5, 0.6) is 34.5 Å².